The van der Waals surface area contributed by atoms with Crippen LogP contribution in [-0.2, 0) is 4.79 Å². The zero-order chi connectivity index (χ0) is 18.6. The first kappa shape index (κ1) is 23.1. The summed E-state index contributed by atoms with van der Waals surface area (Å²) in [5, 5.41) is 18.3. The highest BCUT2D eigenvalue weighted by atomic mass is 16.4. The van der Waals surface area contributed by atoms with E-state index >= 15 is 0 Å². The summed E-state index contributed by atoms with van der Waals surface area (Å²) in [5.74, 6) is -0.750. The fourth-order valence-electron chi connectivity index (χ4n) is 2.14. The molecule has 0 aromatic carbocycles. The molecular weight excluding hydrogens is 312 g/mol. The molecule has 0 saturated heterocycles. The van der Waals surface area contributed by atoms with E-state index in [0.717, 1.165) is 38.5 Å². The molecule has 0 heterocycles. The number of carboxylic acid groups (broad SMARTS) is 1. The summed E-state index contributed by atoms with van der Waals surface area (Å²) in [5.41, 5.74) is 0. The van der Waals surface area contributed by atoms with Gasteiger partial charge in [-0.1, -0.05) is 80.5 Å². The number of allylic oxidation sites excluding steroid dienone is 9. The lowest BCUT2D eigenvalue weighted by Crippen LogP contribution is -2.01. The van der Waals surface area contributed by atoms with Gasteiger partial charge in [-0.25, -0.2) is 0 Å². The molecule has 0 aliphatic rings. The molecule has 0 aliphatic carbocycles. The van der Waals surface area contributed by atoms with Crippen molar-refractivity contribution in [3.63, 3.8) is 0 Å². The van der Waals surface area contributed by atoms with Crippen LogP contribution in [0.4, 0.5) is 0 Å². The molecule has 0 bridgehead atoms. The minimum absolute atomic E-state index is 0.216. The van der Waals surface area contributed by atoms with Gasteiger partial charge in [-0.3, -0.25) is 4.79 Å². The zero-order valence-electron chi connectivity index (χ0n) is 15.5. The number of unbranched alkanes of at least 4 members (excludes halogenated alkanes) is 2. The van der Waals surface area contributed by atoms with Crippen molar-refractivity contribution in [1.82, 2.24) is 0 Å². The number of aliphatic hydroxyl groups is 1. The quantitative estimate of drug-likeness (QED) is 0.226. The minimum atomic E-state index is -0.750. The van der Waals surface area contributed by atoms with Crippen molar-refractivity contribution in [2.45, 2.75) is 70.8 Å². The van der Waals surface area contributed by atoms with Crippen LogP contribution >= 0.6 is 0 Å². The van der Waals surface area contributed by atoms with Gasteiger partial charge in [0, 0.05) is 6.42 Å². The van der Waals surface area contributed by atoms with Gasteiger partial charge in [0.1, 0.15) is 0 Å². The highest BCUT2D eigenvalue weighted by molar-refractivity contribution is 5.66. The molecule has 1 unspecified atom stereocenters. The molecule has 0 aromatic heterocycles. The summed E-state index contributed by atoms with van der Waals surface area (Å²) in [6.07, 6.45) is 27.4. The Kier molecular flexibility index (Phi) is 17.1. The Morgan fingerprint density at radius 2 is 1.44 bits per heavy atom. The smallest absolute Gasteiger partial charge is 0.303 e. The number of carboxylic acids is 1. The Bertz CT molecular complexity index is 456. The lowest BCUT2D eigenvalue weighted by atomic mass is 10.1. The zero-order valence-corrected chi connectivity index (χ0v) is 15.5. The van der Waals surface area contributed by atoms with Gasteiger partial charge in [0.15, 0.2) is 0 Å². The summed E-state index contributed by atoms with van der Waals surface area (Å²) in [6.45, 7) is 2.14. The molecule has 0 fully saturated rings. The van der Waals surface area contributed by atoms with Gasteiger partial charge in [-0.05, 0) is 38.5 Å². The monoisotopic (exact) mass is 346 g/mol. The molecule has 3 nitrogen and oxygen atoms in total. The molecule has 0 rings (SSSR count). The van der Waals surface area contributed by atoms with E-state index in [1.54, 1.807) is 6.08 Å². The van der Waals surface area contributed by atoms with Gasteiger partial charge < -0.3 is 10.2 Å². The van der Waals surface area contributed by atoms with E-state index in [4.69, 9.17) is 5.11 Å². The molecule has 2 N–H and O–H groups in total. The topological polar surface area (TPSA) is 57.5 Å². The molecule has 0 spiro atoms. The van der Waals surface area contributed by atoms with Crippen molar-refractivity contribution >= 4 is 5.97 Å². The Morgan fingerprint density at radius 1 is 0.840 bits per heavy atom. The van der Waals surface area contributed by atoms with Crippen molar-refractivity contribution in [3.05, 3.63) is 60.8 Å². The lowest BCUT2D eigenvalue weighted by Gasteiger charge is -2.03. The molecule has 1 atom stereocenters. The van der Waals surface area contributed by atoms with Crippen LogP contribution < -0.4 is 0 Å². The summed E-state index contributed by atoms with van der Waals surface area (Å²) in [6, 6.07) is 0. The second-order valence-corrected chi connectivity index (χ2v) is 5.90. The van der Waals surface area contributed by atoms with Crippen LogP contribution in [0.1, 0.15) is 64.7 Å². The number of aliphatic carboxylic acids is 1. The average Bonchev–Trinajstić information content (AvgIpc) is 2.58. The predicted octanol–water partition coefficient (Wildman–Crippen LogP) is 5.74. The first-order chi connectivity index (χ1) is 12.2. The van der Waals surface area contributed by atoms with Gasteiger partial charge in [0.2, 0.25) is 0 Å². The second-order valence-electron chi connectivity index (χ2n) is 5.90. The summed E-state index contributed by atoms with van der Waals surface area (Å²) in [7, 11) is 0. The van der Waals surface area contributed by atoms with Crippen LogP contribution in [0.15, 0.2) is 60.8 Å². The van der Waals surface area contributed by atoms with Gasteiger partial charge in [-0.2, -0.15) is 0 Å². The highest BCUT2D eigenvalue weighted by Crippen LogP contribution is 2.06. The van der Waals surface area contributed by atoms with Gasteiger partial charge >= 0.3 is 5.97 Å². The summed E-state index contributed by atoms with van der Waals surface area (Å²) >= 11 is 0. The van der Waals surface area contributed by atoms with Crippen LogP contribution in [0.2, 0.25) is 0 Å². The summed E-state index contributed by atoms with van der Waals surface area (Å²) in [4.78, 5) is 10.4. The third-order valence-corrected chi connectivity index (χ3v) is 3.52. The lowest BCUT2D eigenvalue weighted by molar-refractivity contribution is -0.137. The minimum Gasteiger partial charge on any atom is -0.481 e. The van der Waals surface area contributed by atoms with E-state index in [-0.39, 0.29) is 6.42 Å². The number of carbonyl (C=O) groups is 1. The summed E-state index contributed by atoms with van der Waals surface area (Å²) < 4.78 is 0. The SMILES string of the molecule is CC/C=C/C/C=C/C/C=C/C/C=C/C=C/C(O)CCCCCC(=O)O. The molecule has 0 radical (unpaired) electrons. The normalized spacial score (nSPS) is 14.0. The van der Waals surface area contributed by atoms with Crippen molar-refractivity contribution < 1.29 is 15.0 Å². The molecule has 0 amide bonds. The molecular formula is C22H34O3. The molecule has 0 aromatic rings. The Hall–Kier alpha value is -1.87. The van der Waals surface area contributed by atoms with E-state index in [1.165, 1.54) is 0 Å². The Balaban J connectivity index is 3.61. The van der Waals surface area contributed by atoms with Crippen molar-refractivity contribution in [2.24, 2.45) is 0 Å². The number of aliphatic hydroxyl groups excluding tert-OH is 1. The maximum atomic E-state index is 10.4. The van der Waals surface area contributed by atoms with Crippen LogP contribution in [0.5, 0.6) is 0 Å². The van der Waals surface area contributed by atoms with Crippen LogP contribution in [0.3, 0.4) is 0 Å². The number of hydrogen-bond donors (Lipinski definition) is 2. The van der Waals surface area contributed by atoms with E-state index in [1.807, 2.05) is 12.2 Å². The van der Waals surface area contributed by atoms with Crippen LogP contribution in [0.25, 0.3) is 0 Å². The van der Waals surface area contributed by atoms with Gasteiger partial charge in [0.25, 0.3) is 0 Å². The third kappa shape index (κ3) is 20.1. The van der Waals surface area contributed by atoms with Crippen LogP contribution in [0, 0.1) is 0 Å². The molecule has 0 aliphatic heterocycles. The molecule has 0 saturated carbocycles. The molecule has 140 valence electrons. The number of rotatable bonds is 15. The fraction of sp³-hybridized carbons (Fsp3) is 0.500. The predicted molar refractivity (Wildman–Crippen MR) is 107 cm³/mol. The largest absolute Gasteiger partial charge is 0.481 e. The van der Waals surface area contributed by atoms with E-state index < -0.39 is 12.1 Å². The van der Waals surface area contributed by atoms with Gasteiger partial charge in [0.05, 0.1) is 6.10 Å². The van der Waals surface area contributed by atoms with E-state index in [2.05, 4.69) is 49.5 Å². The Morgan fingerprint density at radius 3 is 2.04 bits per heavy atom. The Labute approximate surface area is 153 Å². The fourth-order valence-corrected chi connectivity index (χ4v) is 2.14. The molecule has 3 heteroatoms. The highest BCUT2D eigenvalue weighted by Gasteiger charge is 2.00. The maximum absolute atomic E-state index is 10.4. The van der Waals surface area contributed by atoms with Gasteiger partial charge in [-0.15, -0.1) is 0 Å². The van der Waals surface area contributed by atoms with E-state index in [0.29, 0.717) is 12.8 Å². The number of hydrogen-bond acceptors (Lipinski definition) is 2. The van der Waals surface area contributed by atoms with E-state index in [9.17, 15) is 9.90 Å². The average molecular weight is 347 g/mol. The second kappa shape index (κ2) is 18.5. The van der Waals surface area contributed by atoms with Crippen molar-refractivity contribution in [2.75, 3.05) is 0 Å². The van der Waals surface area contributed by atoms with Crippen molar-refractivity contribution in [1.29, 1.82) is 0 Å². The molecule has 25 heavy (non-hydrogen) atoms. The third-order valence-electron chi connectivity index (χ3n) is 3.52. The first-order valence-corrected chi connectivity index (χ1v) is 9.35. The van der Waals surface area contributed by atoms with Crippen molar-refractivity contribution in [3.8, 4) is 0 Å². The van der Waals surface area contributed by atoms with Crippen LogP contribution in [-0.4, -0.2) is 22.3 Å². The standard InChI is InChI=1S/C22H34O3/c1-2-3-4-5-6-7-8-9-10-11-12-13-15-18-21(23)19-16-14-17-20-22(24)25/h3-4,6-7,9-10,12-13,15,18,21,23H,2,5,8,11,14,16-17,19-20H2,1H3,(H,24,25)/b4-3+,7-6+,10-9+,13-12+,18-15+. The first-order valence-electron chi connectivity index (χ1n) is 9.35. The maximum Gasteiger partial charge on any atom is 0.303 e.